The number of thiophene rings is 1. The molecular formula is C22H25N7OS. The third-order valence-corrected chi connectivity index (χ3v) is 6.43. The van der Waals surface area contributed by atoms with E-state index in [0.29, 0.717) is 24.0 Å². The fourth-order valence-corrected chi connectivity index (χ4v) is 4.54. The van der Waals surface area contributed by atoms with Crippen LogP contribution < -0.4 is 15.4 Å². The van der Waals surface area contributed by atoms with E-state index in [1.165, 1.54) is 0 Å². The summed E-state index contributed by atoms with van der Waals surface area (Å²) in [6.07, 6.45) is 0. The average molecular weight is 436 g/mol. The zero-order valence-electron chi connectivity index (χ0n) is 17.4. The Balaban J connectivity index is 1.28. The molecule has 1 fully saturated rings. The first kappa shape index (κ1) is 19.8. The lowest BCUT2D eigenvalue weighted by molar-refractivity contribution is 0.200. The Morgan fingerprint density at radius 3 is 2.58 bits per heavy atom. The molecule has 0 atom stereocenters. The van der Waals surface area contributed by atoms with Crippen LogP contribution in [0.1, 0.15) is 0 Å². The predicted molar refractivity (Wildman–Crippen MR) is 125 cm³/mol. The Morgan fingerprint density at radius 2 is 1.84 bits per heavy atom. The summed E-state index contributed by atoms with van der Waals surface area (Å²) in [4.78, 5) is 15.4. The minimum Gasteiger partial charge on any atom is -0.492 e. The number of nitrogens with two attached hydrogens (primary N) is 1. The van der Waals surface area contributed by atoms with Crippen LogP contribution in [0.25, 0.3) is 21.6 Å². The first-order chi connectivity index (χ1) is 15.2. The van der Waals surface area contributed by atoms with E-state index in [-0.39, 0.29) is 0 Å². The number of hydrogen-bond acceptors (Lipinski definition) is 8. The Hall–Kier alpha value is -3.17. The van der Waals surface area contributed by atoms with Crippen molar-refractivity contribution in [2.75, 3.05) is 50.0 Å². The van der Waals surface area contributed by atoms with Crippen molar-refractivity contribution < 1.29 is 4.74 Å². The number of rotatable bonds is 6. The van der Waals surface area contributed by atoms with Crippen LogP contribution >= 0.6 is 11.3 Å². The molecule has 0 aliphatic carbocycles. The van der Waals surface area contributed by atoms with Crippen LogP contribution in [0.2, 0.25) is 0 Å². The molecule has 2 N–H and O–H groups in total. The lowest BCUT2D eigenvalue weighted by Gasteiger charge is -2.34. The Bertz CT molecular complexity index is 1150. The first-order valence-corrected chi connectivity index (χ1v) is 11.3. The molecule has 0 amide bonds. The van der Waals surface area contributed by atoms with Gasteiger partial charge in [0.05, 0.1) is 16.0 Å². The van der Waals surface area contributed by atoms with E-state index in [4.69, 9.17) is 20.4 Å². The highest BCUT2D eigenvalue weighted by atomic mass is 32.1. The van der Waals surface area contributed by atoms with Gasteiger partial charge in [-0.3, -0.25) is 9.58 Å². The third kappa shape index (κ3) is 4.06. The fourth-order valence-electron chi connectivity index (χ4n) is 3.82. The second kappa shape index (κ2) is 8.52. The molecular weight excluding hydrogens is 410 g/mol. The van der Waals surface area contributed by atoms with Gasteiger partial charge >= 0.3 is 0 Å². The van der Waals surface area contributed by atoms with Crippen molar-refractivity contribution in [1.29, 1.82) is 0 Å². The van der Waals surface area contributed by atoms with Crippen LogP contribution in [0.3, 0.4) is 0 Å². The summed E-state index contributed by atoms with van der Waals surface area (Å²) in [5.74, 6) is 2.22. The summed E-state index contributed by atoms with van der Waals surface area (Å²) in [6.45, 7) is 5.20. The van der Waals surface area contributed by atoms with Crippen molar-refractivity contribution in [1.82, 2.24) is 24.6 Å². The molecule has 0 radical (unpaired) electrons. The lowest BCUT2D eigenvalue weighted by atomic mass is 10.2. The highest BCUT2D eigenvalue weighted by Crippen LogP contribution is 2.34. The first-order valence-electron chi connectivity index (χ1n) is 10.4. The van der Waals surface area contributed by atoms with Gasteiger partial charge in [0.25, 0.3) is 0 Å². The molecule has 3 aromatic heterocycles. The van der Waals surface area contributed by atoms with Crippen LogP contribution in [-0.2, 0) is 7.05 Å². The number of anilines is 2. The third-order valence-electron chi connectivity index (χ3n) is 5.56. The molecule has 0 bridgehead atoms. The maximum absolute atomic E-state index is 6.27. The second-order valence-electron chi connectivity index (χ2n) is 7.55. The van der Waals surface area contributed by atoms with Gasteiger partial charge in [0, 0.05) is 39.8 Å². The number of piperazine rings is 1. The molecule has 0 unspecified atom stereocenters. The van der Waals surface area contributed by atoms with Crippen molar-refractivity contribution >= 4 is 34.1 Å². The number of hydrogen-bond donors (Lipinski definition) is 1. The van der Waals surface area contributed by atoms with Gasteiger partial charge in [-0.2, -0.15) is 10.1 Å². The fraction of sp³-hybridized carbons (Fsp3) is 0.318. The van der Waals surface area contributed by atoms with E-state index >= 15 is 0 Å². The van der Waals surface area contributed by atoms with E-state index in [0.717, 1.165) is 54.4 Å². The standard InChI is InChI=1S/C22H25N7OS/c1-27-20(23)18-19(17-8-5-15-31-17)24-22(25-21(18)26-27)29-11-9-28(10-12-29)13-14-30-16-6-3-2-4-7-16/h2-8,15H,9-14,23H2,1H3. The van der Waals surface area contributed by atoms with Gasteiger partial charge in [-0.25, -0.2) is 4.98 Å². The van der Waals surface area contributed by atoms with Crippen molar-refractivity contribution in [2.45, 2.75) is 0 Å². The molecule has 4 aromatic rings. The molecule has 4 heterocycles. The van der Waals surface area contributed by atoms with Gasteiger partial charge in [-0.05, 0) is 23.6 Å². The highest BCUT2D eigenvalue weighted by molar-refractivity contribution is 7.13. The molecule has 1 aliphatic rings. The number of ether oxygens (including phenoxy) is 1. The summed E-state index contributed by atoms with van der Waals surface area (Å²) >= 11 is 1.65. The van der Waals surface area contributed by atoms with Crippen LogP contribution in [0, 0.1) is 0 Å². The van der Waals surface area contributed by atoms with Crippen molar-refractivity contribution in [3.63, 3.8) is 0 Å². The number of para-hydroxylation sites is 1. The molecule has 0 spiro atoms. The van der Waals surface area contributed by atoms with E-state index < -0.39 is 0 Å². The minimum atomic E-state index is 0.591. The molecule has 1 saturated heterocycles. The highest BCUT2D eigenvalue weighted by Gasteiger charge is 2.23. The zero-order valence-corrected chi connectivity index (χ0v) is 18.3. The molecule has 5 rings (SSSR count). The summed E-state index contributed by atoms with van der Waals surface area (Å²) in [7, 11) is 1.84. The number of benzene rings is 1. The van der Waals surface area contributed by atoms with Crippen molar-refractivity contribution in [3.8, 4) is 16.3 Å². The van der Waals surface area contributed by atoms with Crippen LogP contribution in [0.15, 0.2) is 47.8 Å². The predicted octanol–water partition coefficient (Wildman–Crippen LogP) is 2.88. The van der Waals surface area contributed by atoms with Crippen molar-refractivity contribution in [2.24, 2.45) is 7.05 Å². The van der Waals surface area contributed by atoms with E-state index in [1.54, 1.807) is 16.0 Å². The molecule has 1 aliphatic heterocycles. The molecule has 160 valence electrons. The van der Waals surface area contributed by atoms with E-state index in [2.05, 4.69) is 21.0 Å². The number of aryl methyl sites for hydroxylation is 1. The Kier molecular flexibility index (Phi) is 5.44. The number of nitrogens with zero attached hydrogens (tertiary/aromatic N) is 6. The van der Waals surface area contributed by atoms with Gasteiger partial charge in [0.15, 0.2) is 5.65 Å². The smallest absolute Gasteiger partial charge is 0.228 e. The topological polar surface area (TPSA) is 85.3 Å². The molecule has 31 heavy (non-hydrogen) atoms. The van der Waals surface area contributed by atoms with Crippen LogP contribution in [-0.4, -0.2) is 64.0 Å². The normalized spacial score (nSPS) is 14.9. The molecule has 9 heteroatoms. The lowest BCUT2D eigenvalue weighted by Crippen LogP contribution is -2.48. The maximum atomic E-state index is 6.27. The molecule has 0 saturated carbocycles. The number of nitrogen functional groups attached to an aromatic ring is 1. The van der Waals surface area contributed by atoms with E-state index in [1.807, 2.05) is 48.8 Å². The quantitative estimate of drug-likeness (QED) is 0.498. The Morgan fingerprint density at radius 1 is 1.03 bits per heavy atom. The SMILES string of the molecule is Cn1nc2nc(N3CCN(CCOc4ccccc4)CC3)nc(-c3cccs3)c2c1N. The maximum Gasteiger partial charge on any atom is 0.228 e. The van der Waals surface area contributed by atoms with Gasteiger partial charge in [-0.15, -0.1) is 11.3 Å². The second-order valence-corrected chi connectivity index (χ2v) is 8.49. The van der Waals surface area contributed by atoms with E-state index in [9.17, 15) is 0 Å². The van der Waals surface area contributed by atoms with Gasteiger partial charge in [0.2, 0.25) is 5.95 Å². The summed E-state index contributed by atoms with van der Waals surface area (Å²) in [6, 6.07) is 14.0. The van der Waals surface area contributed by atoms with Gasteiger partial charge in [-0.1, -0.05) is 24.3 Å². The van der Waals surface area contributed by atoms with Crippen LogP contribution in [0.5, 0.6) is 5.75 Å². The average Bonchev–Trinajstić information content (AvgIpc) is 3.43. The summed E-state index contributed by atoms with van der Waals surface area (Å²) in [5.41, 5.74) is 7.78. The van der Waals surface area contributed by atoms with Crippen LogP contribution in [0.4, 0.5) is 11.8 Å². The minimum absolute atomic E-state index is 0.591. The van der Waals surface area contributed by atoms with Gasteiger partial charge < -0.3 is 15.4 Å². The number of fused-ring (bicyclic) bond motifs is 1. The zero-order chi connectivity index (χ0) is 21.2. The molecule has 1 aromatic carbocycles. The van der Waals surface area contributed by atoms with Crippen molar-refractivity contribution in [3.05, 3.63) is 47.8 Å². The number of aromatic nitrogens is 4. The summed E-state index contributed by atoms with van der Waals surface area (Å²) in [5, 5.41) is 7.39. The largest absolute Gasteiger partial charge is 0.492 e. The monoisotopic (exact) mass is 435 g/mol. The van der Waals surface area contributed by atoms with Gasteiger partial charge in [0.1, 0.15) is 18.2 Å². The molecule has 8 nitrogen and oxygen atoms in total. The Labute approximate surface area is 184 Å². The summed E-state index contributed by atoms with van der Waals surface area (Å²) < 4.78 is 7.51.